The van der Waals surface area contributed by atoms with Crippen molar-refractivity contribution in [3.63, 3.8) is 0 Å². The number of nitrogens with zero attached hydrogens (tertiary/aromatic N) is 2. The molecule has 2 N–H and O–H groups in total. The quantitative estimate of drug-likeness (QED) is 0.861. The predicted molar refractivity (Wildman–Crippen MR) is 85.8 cm³/mol. The van der Waals surface area contributed by atoms with Gasteiger partial charge in [0.25, 0.3) is 5.91 Å². The molecule has 0 atom stereocenters. The number of hydrogen-bond donors (Lipinski definition) is 2. The molecule has 0 saturated heterocycles. The number of hydrogen-bond acceptors (Lipinski definition) is 5. The van der Waals surface area contributed by atoms with Crippen molar-refractivity contribution in [2.75, 3.05) is 11.9 Å². The van der Waals surface area contributed by atoms with Gasteiger partial charge in [-0.3, -0.25) is 4.79 Å². The summed E-state index contributed by atoms with van der Waals surface area (Å²) in [5, 5.41) is 7.13. The van der Waals surface area contributed by atoms with Gasteiger partial charge in [0.2, 0.25) is 0 Å². The van der Waals surface area contributed by atoms with Gasteiger partial charge in [-0.25, -0.2) is 9.97 Å². The van der Waals surface area contributed by atoms with Crippen LogP contribution >= 0.6 is 11.3 Å². The highest BCUT2D eigenvalue weighted by molar-refractivity contribution is 7.11. The summed E-state index contributed by atoms with van der Waals surface area (Å²) in [7, 11) is 0. The number of aryl methyl sites for hydroxylation is 2. The Hall–Kier alpha value is -1.95. The van der Waals surface area contributed by atoms with Crippen molar-refractivity contribution in [3.05, 3.63) is 39.5 Å². The van der Waals surface area contributed by atoms with Gasteiger partial charge in [-0.15, -0.1) is 11.3 Å². The fourth-order valence-corrected chi connectivity index (χ4v) is 2.63. The number of carbonyl (C=O) groups is 1. The van der Waals surface area contributed by atoms with Gasteiger partial charge in [-0.2, -0.15) is 0 Å². The van der Waals surface area contributed by atoms with E-state index in [9.17, 15) is 4.79 Å². The van der Waals surface area contributed by atoms with E-state index in [1.165, 1.54) is 0 Å². The van der Waals surface area contributed by atoms with Crippen LogP contribution in [0.25, 0.3) is 0 Å². The first-order valence-corrected chi connectivity index (χ1v) is 7.82. The molecule has 0 saturated carbocycles. The van der Waals surface area contributed by atoms with Crippen LogP contribution in [0.1, 0.15) is 39.3 Å². The van der Waals surface area contributed by atoms with Gasteiger partial charge in [0.1, 0.15) is 5.82 Å². The minimum atomic E-state index is -0.0916. The average molecular weight is 304 g/mol. The molecule has 2 aromatic heterocycles. The highest BCUT2D eigenvalue weighted by atomic mass is 32.1. The SMILES string of the molecule is CCCNc1cc(C(=O)NCc2cnc(C)s2)cc(C)n1. The zero-order valence-corrected chi connectivity index (χ0v) is 13.4. The Kier molecular flexibility index (Phi) is 5.27. The maximum atomic E-state index is 12.2. The van der Waals surface area contributed by atoms with Crippen LogP contribution in [-0.2, 0) is 6.54 Å². The number of nitrogens with one attached hydrogen (secondary N) is 2. The second kappa shape index (κ2) is 7.17. The van der Waals surface area contributed by atoms with Crippen LogP contribution < -0.4 is 10.6 Å². The number of aromatic nitrogens is 2. The van der Waals surface area contributed by atoms with Gasteiger partial charge in [0.15, 0.2) is 0 Å². The summed E-state index contributed by atoms with van der Waals surface area (Å²) in [4.78, 5) is 21.8. The van der Waals surface area contributed by atoms with Gasteiger partial charge in [0.05, 0.1) is 11.6 Å². The molecule has 2 heterocycles. The third-order valence-electron chi connectivity index (χ3n) is 2.86. The third-order valence-corrected chi connectivity index (χ3v) is 3.78. The van der Waals surface area contributed by atoms with Gasteiger partial charge in [-0.1, -0.05) is 6.92 Å². The number of amides is 1. The summed E-state index contributed by atoms with van der Waals surface area (Å²) in [6.45, 7) is 7.28. The van der Waals surface area contributed by atoms with E-state index in [0.29, 0.717) is 12.1 Å². The van der Waals surface area contributed by atoms with Crippen LogP contribution in [0, 0.1) is 13.8 Å². The Morgan fingerprint density at radius 3 is 2.81 bits per heavy atom. The van der Waals surface area contributed by atoms with Gasteiger partial charge in [-0.05, 0) is 32.4 Å². The Bertz CT molecular complexity index is 624. The lowest BCUT2D eigenvalue weighted by atomic mass is 10.2. The van der Waals surface area contributed by atoms with E-state index in [1.807, 2.05) is 13.8 Å². The molecule has 0 unspecified atom stereocenters. The van der Waals surface area contributed by atoms with Gasteiger partial charge >= 0.3 is 0 Å². The molecule has 5 nitrogen and oxygen atoms in total. The lowest BCUT2D eigenvalue weighted by Crippen LogP contribution is -2.22. The number of pyridine rings is 1. The van der Waals surface area contributed by atoms with Crippen molar-refractivity contribution >= 4 is 23.1 Å². The second-order valence-electron chi connectivity index (χ2n) is 4.84. The molecule has 0 aromatic carbocycles. The summed E-state index contributed by atoms with van der Waals surface area (Å²) >= 11 is 1.59. The van der Waals surface area contributed by atoms with Crippen molar-refractivity contribution in [2.24, 2.45) is 0 Å². The number of carbonyl (C=O) groups excluding carboxylic acids is 1. The number of thiazole rings is 1. The first-order chi connectivity index (χ1) is 10.1. The van der Waals surface area contributed by atoms with Crippen LogP contribution in [0.5, 0.6) is 0 Å². The van der Waals surface area contributed by atoms with Crippen molar-refractivity contribution in [1.29, 1.82) is 0 Å². The molecule has 6 heteroatoms. The first-order valence-electron chi connectivity index (χ1n) is 7.00. The Balaban J connectivity index is 2.02. The topological polar surface area (TPSA) is 66.9 Å². The molecular formula is C15H20N4OS. The van der Waals surface area contributed by atoms with Crippen LogP contribution in [-0.4, -0.2) is 22.4 Å². The molecule has 21 heavy (non-hydrogen) atoms. The normalized spacial score (nSPS) is 10.4. The lowest BCUT2D eigenvalue weighted by molar-refractivity contribution is 0.0951. The molecule has 0 spiro atoms. The standard InChI is InChI=1S/C15H20N4OS/c1-4-5-16-14-7-12(6-10(2)19-14)15(20)18-9-13-8-17-11(3)21-13/h6-8H,4-5,9H2,1-3H3,(H,16,19)(H,18,20). The molecule has 0 bridgehead atoms. The summed E-state index contributed by atoms with van der Waals surface area (Å²) < 4.78 is 0. The molecule has 112 valence electrons. The minimum absolute atomic E-state index is 0.0916. The Labute approximate surface area is 128 Å². The number of rotatable bonds is 6. The van der Waals surface area contributed by atoms with Gasteiger partial charge in [0, 0.05) is 28.9 Å². The predicted octanol–water partition coefficient (Wildman–Crippen LogP) is 2.91. The molecule has 0 aliphatic carbocycles. The van der Waals surface area contributed by atoms with Crippen molar-refractivity contribution in [3.8, 4) is 0 Å². The molecule has 1 amide bonds. The van der Waals surface area contributed by atoms with E-state index in [0.717, 1.165) is 34.4 Å². The average Bonchev–Trinajstić information content (AvgIpc) is 2.87. The summed E-state index contributed by atoms with van der Waals surface area (Å²) in [5.74, 6) is 0.654. The molecule has 0 aliphatic heterocycles. The van der Waals surface area contributed by atoms with E-state index in [1.54, 1.807) is 29.7 Å². The summed E-state index contributed by atoms with van der Waals surface area (Å²) in [5.41, 5.74) is 1.46. The fourth-order valence-electron chi connectivity index (χ4n) is 1.90. The molecular weight excluding hydrogens is 284 g/mol. The largest absolute Gasteiger partial charge is 0.370 e. The zero-order chi connectivity index (χ0) is 15.2. The van der Waals surface area contributed by atoms with E-state index in [-0.39, 0.29) is 5.91 Å². The molecule has 0 radical (unpaired) electrons. The first kappa shape index (κ1) is 15.4. The van der Waals surface area contributed by atoms with Crippen molar-refractivity contribution < 1.29 is 4.79 Å². The van der Waals surface area contributed by atoms with E-state index in [4.69, 9.17) is 0 Å². The molecule has 2 aromatic rings. The lowest BCUT2D eigenvalue weighted by Gasteiger charge is -2.08. The summed E-state index contributed by atoms with van der Waals surface area (Å²) in [6, 6.07) is 3.58. The second-order valence-corrected chi connectivity index (χ2v) is 6.16. The third kappa shape index (κ3) is 4.53. The van der Waals surface area contributed by atoms with E-state index in [2.05, 4.69) is 27.5 Å². The van der Waals surface area contributed by atoms with Crippen LogP contribution in [0.4, 0.5) is 5.82 Å². The molecule has 0 fully saturated rings. The van der Waals surface area contributed by atoms with Crippen molar-refractivity contribution in [2.45, 2.75) is 33.7 Å². The smallest absolute Gasteiger partial charge is 0.251 e. The molecule has 0 aliphatic rings. The van der Waals surface area contributed by atoms with Crippen LogP contribution in [0.15, 0.2) is 18.3 Å². The van der Waals surface area contributed by atoms with Gasteiger partial charge < -0.3 is 10.6 Å². The van der Waals surface area contributed by atoms with E-state index < -0.39 is 0 Å². The Morgan fingerprint density at radius 1 is 1.33 bits per heavy atom. The number of anilines is 1. The monoisotopic (exact) mass is 304 g/mol. The van der Waals surface area contributed by atoms with Crippen molar-refractivity contribution in [1.82, 2.24) is 15.3 Å². The molecule has 2 rings (SSSR count). The maximum Gasteiger partial charge on any atom is 0.251 e. The van der Waals surface area contributed by atoms with Crippen LogP contribution in [0.2, 0.25) is 0 Å². The fraction of sp³-hybridized carbons (Fsp3) is 0.400. The minimum Gasteiger partial charge on any atom is -0.370 e. The van der Waals surface area contributed by atoms with E-state index >= 15 is 0 Å². The zero-order valence-electron chi connectivity index (χ0n) is 12.6. The highest BCUT2D eigenvalue weighted by Gasteiger charge is 2.09. The highest BCUT2D eigenvalue weighted by Crippen LogP contribution is 2.13. The van der Waals surface area contributed by atoms with Crippen LogP contribution in [0.3, 0.4) is 0 Å². The Morgan fingerprint density at radius 2 is 2.14 bits per heavy atom. The summed E-state index contributed by atoms with van der Waals surface area (Å²) in [6.07, 6.45) is 2.81. The maximum absolute atomic E-state index is 12.2.